The van der Waals surface area contributed by atoms with Crippen molar-refractivity contribution in [2.24, 2.45) is 0 Å². The molecule has 0 radical (unpaired) electrons. The number of hydrogen-bond acceptors (Lipinski definition) is 1. The van der Waals surface area contributed by atoms with Crippen LogP contribution in [-0.2, 0) is 5.41 Å². The lowest BCUT2D eigenvalue weighted by Gasteiger charge is -2.32. The molecule has 0 bridgehead atoms. The molecule has 0 amide bonds. The summed E-state index contributed by atoms with van der Waals surface area (Å²) in [6.45, 7) is 0. The predicted molar refractivity (Wildman–Crippen MR) is 285 cm³/mol. The first kappa shape index (κ1) is 41.0. The molecular weight excluding hydrogens is 819 g/mol. The Morgan fingerprint density at radius 3 is 1.15 bits per heavy atom. The molecule has 2 fully saturated rings. The van der Waals surface area contributed by atoms with E-state index in [4.69, 9.17) is 0 Å². The quantitative estimate of drug-likeness (QED) is 0.147. The van der Waals surface area contributed by atoms with Crippen LogP contribution in [-0.4, -0.2) is 0 Å². The van der Waals surface area contributed by atoms with Crippen LogP contribution in [0.4, 0.5) is 17.1 Å². The lowest BCUT2D eigenvalue weighted by Crippen LogP contribution is -2.26. The van der Waals surface area contributed by atoms with E-state index in [9.17, 15) is 0 Å². The number of rotatable bonds is 8. The Kier molecular flexibility index (Phi) is 10.3. The maximum Gasteiger partial charge on any atom is 0.0726 e. The molecule has 4 aliphatic carbocycles. The van der Waals surface area contributed by atoms with Gasteiger partial charge in [-0.05, 0) is 151 Å². The molecule has 68 heavy (non-hydrogen) atoms. The minimum atomic E-state index is -0.420. The topological polar surface area (TPSA) is 3.24 Å². The van der Waals surface area contributed by atoms with Crippen LogP contribution in [0.1, 0.15) is 109 Å². The molecule has 0 aliphatic heterocycles. The minimum absolute atomic E-state index is 0.420. The molecule has 2 saturated carbocycles. The minimum Gasteiger partial charge on any atom is -0.310 e. The van der Waals surface area contributed by atoms with Gasteiger partial charge in [0.25, 0.3) is 0 Å². The molecule has 4 aliphatic rings. The fraction of sp³-hybridized carbons (Fsp3) is 0.194. The third-order valence-electron chi connectivity index (χ3n) is 16.3. The average molecular weight is 876 g/mol. The van der Waals surface area contributed by atoms with E-state index in [2.05, 4.69) is 217 Å². The maximum absolute atomic E-state index is 2.51. The van der Waals surface area contributed by atoms with Gasteiger partial charge in [0.2, 0.25) is 0 Å². The highest BCUT2D eigenvalue weighted by atomic mass is 15.1. The summed E-state index contributed by atoms with van der Waals surface area (Å²) >= 11 is 0. The molecule has 330 valence electrons. The summed E-state index contributed by atoms with van der Waals surface area (Å²) in [6, 6.07) is 81.0. The lowest BCUT2D eigenvalue weighted by molar-refractivity contribution is 0.443. The molecule has 0 saturated heterocycles. The molecule has 0 aromatic heterocycles. The van der Waals surface area contributed by atoms with Gasteiger partial charge in [0, 0.05) is 16.9 Å². The van der Waals surface area contributed by atoms with E-state index in [0.29, 0.717) is 11.8 Å². The van der Waals surface area contributed by atoms with Gasteiger partial charge < -0.3 is 4.90 Å². The highest BCUT2D eigenvalue weighted by molar-refractivity contribution is 6.01. The Morgan fingerprint density at radius 2 is 0.662 bits per heavy atom. The summed E-state index contributed by atoms with van der Waals surface area (Å²) in [5.74, 6) is 1.40. The fourth-order valence-electron chi connectivity index (χ4n) is 13.1. The molecule has 1 nitrogen and oxygen atoms in total. The van der Waals surface area contributed by atoms with Gasteiger partial charge in [0.15, 0.2) is 0 Å². The second-order valence-corrected chi connectivity index (χ2v) is 20.0. The average Bonchev–Trinajstić information content (AvgIpc) is 3.90. The Labute approximate surface area is 402 Å². The van der Waals surface area contributed by atoms with E-state index in [1.165, 1.54) is 159 Å². The zero-order chi connectivity index (χ0) is 45.0. The van der Waals surface area contributed by atoms with Crippen molar-refractivity contribution in [1.82, 2.24) is 0 Å². The van der Waals surface area contributed by atoms with Crippen LogP contribution < -0.4 is 4.90 Å². The van der Waals surface area contributed by atoms with E-state index in [0.717, 1.165) is 11.4 Å². The number of hydrogen-bond donors (Lipinski definition) is 0. The Hall–Kier alpha value is -7.22. The summed E-state index contributed by atoms with van der Waals surface area (Å²) in [5.41, 5.74) is 24.2. The molecule has 0 unspecified atom stereocenters. The predicted octanol–water partition coefficient (Wildman–Crippen LogP) is 18.6. The summed E-state index contributed by atoms with van der Waals surface area (Å²) < 4.78 is 0. The van der Waals surface area contributed by atoms with E-state index in [-0.39, 0.29) is 0 Å². The van der Waals surface area contributed by atoms with Gasteiger partial charge in [0.1, 0.15) is 0 Å². The summed E-state index contributed by atoms with van der Waals surface area (Å²) in [6.07, 6.45) is 13.5. The first-order valence-corrected chi connectivity index (χ1v) is 25.5. The van der Waals surface area contributed by atoms with Crippen molar-refractivity contribution < 1.29 is 0 Å². The zero-order valence-electron chi connectivity index (χ0n) is 38.9. The van der Waals surface area contributed by atoms with Crippen molar-refractivity contribution in [2.45, 2.75) is 81.5 Å². The molecule has 0 heterocycles. The Morgan fingerprint density at radius 1 is 0.294 bits per heavy atom. The lowest BCUT2D eigenvalue weighted by atomic mass is 9.70. The van der Waals surface area contributed by atoms with Gasteiger partial charge in [-0.25, -0.2) is 0 Å². The van der Waals surface area contributed by atoms with Crippen molar-refractivity contribution in [3.05, 3.63) is 246 Å². The van der Waals surface area contributed by atoms with Gasteiger partial charge in [-0.15, -0.1) is 0 Å². The third-order valence-corrected chi connectivity index (χ3v) is 16.3. The SMILES string of the molecule is c1ccc(-c2ccc(N(c3ccc(-c4ccc(C5CCCCC5)cc4)cc3)c3cccc4c3-c3ccccc3C43c4ccccc4-c4ccccc43)cc2)c(-c2ccc(C3CCCCC3)cc2)c1. The standard InChI is InChI=1S/C67H57N/c1-3-16-46(17-4-1)48-30-32-50(33-31-48)51-38-42-54(43-39-51)68(55-44-40-53(41-45-55)57-21-8-7-20-56(57)52-36-34-49(35-37-52)47-18-5-2-6-19-47)65-29-15-28-64-66(65)60-24-11-14-27-63(60)67(64)61-25-12-9-22-58(61)59-23-10-13-26-62(59)67/h7-15,20-47H,1-6,16-19H2. The molecule has 9 aromatic carbocycles. The van der Waals surface area contributed by atoms with E-state index < -0.39 is 5.41 Å². The third kappa shape index (κ3) is 6.73. The molecule has 1 spiro atoms. The van der Waals surface area contributed by atoms with Crippen LogP contribution in [0.2, 0.25) is 0 Å². The van der Waals surface area contributed by atoms with E-state index in [1.807, 2.05) is 0 Å². The van der Waals surface area contributed by atoms with Crippen LogP contribution in [0.25, 0.3) is 55.6 Å². The second kappa shape index (κ2) is 17.1. The first-order valence-electron chi connectivity index (χ1n) is 25.5. The highest BCUT2D eigenvalue weighted by Gasteiger charge is 2.52. The highest BCUT2D eigenvalue weighted by Crippen LogP contribution is 2.64. The maximum atomic E-state index is 2.51. The second-order valence-electron chi connectivity index (χ2n) is 20.0. The summed E-state index contributed by atoms with van der Waals surface area (Å²) in [5, 5.41) is 0. The molecule has 0 N–H and O–H groups in total. The van der Waals surface area contributed by atoms with E-state index in [1.54, 1.807) is 0 Å². The van der Waals surface area contributed by atoms with Crippen LogP contribution in [0.5, 0.6) is 0 Å². The molecule has 13 rings (SSSR count). The van der Waals surface area contributed by atoms with Crippen molar-refractivity contribution in [1.29, 1.82) is 0 Å². The number of benzene rings is 9. The Balaban J connectivity index is 0.932. The van der Waals surface area contributed by atoms with Crippen LogP contribution >= 0.6 is 0 Å². The van der Waals surface area contributed by atoms with Gasteiger partial charge in [-0.1, -0.05) is 221 Å². The monoisotopic (exact) mass is 875 g/mol. The van der Waals surface area contributed by atoms with Gasteiger partial charge in [-0.2, -0.15) is 0 Å². The summed E-state index contributed by atoms with van der Waals surface area (Å²) in [7, 11) is 0. The van der Waals surface area contributed by atoms with Gasteiger partial charge >= 0.3 is 0 Å². The van der Waals surface area contributed by atoms with Crippen molar-refractivity contribution in [2.75, 3.05) is 4.90 Å². The van der Waals surface area contributed by atoms with Gasteiger partial charge in [-0.3, -0.25) is 0 Å². The number of nitrogens with zero attached hydrogens (tertiary/aromatic N) is 1. The van der Waals surface area contributed by atoms with Crippen LogP contribution in [0, 0.1) is 0 Å². The van der Waals surface area contributed by atoms with Crippen molar-refractivity contribution in [3.63, 3.8) is 0 Å². The molecular formula is C67H57N. The van der Waals surface area contributed by atoms with Crippen molar-refractivity contribution >= 4 is 17.1 Å². The molecule has 9 aromatic rings. The Bertz CT molecular complexity index is 3230. The van der Waals surface area contributed by atoms with Gasteiger partial charge in [0.05, 0.1) is 11.1 Å². The van der Waals surface area contributed by atoms with Crippen molar-refractivity contribution in [3.8, 4) is 55.6 Å². The van der Waals surface area contributed by atoms with E-state index >= 15 is 0 Å². The van der Waals surface area contributed by atoms with Crippen LogP contribution in [0.15, 0.2) is 212 Å². The smallest absolute Gasteiger partial charge is 0.0726 e. The fourth-order valence-corrected chi connectivity index (χ4v) is 13.1. The largest absolute Gasteiger partial charge is 0.310 e. The normalized spacial score (nSPS) is 15.9. The summed E-state index contributed by atoms with van der Waals surface area (Å²) in [4.78, 5) is 2.51. The zero-order valence-corrected chi connectivity index (χ0v) is 38.9. The van der Waals surface area contributed by atoms with Crippen LogP contribution in [0.3, 0.4) is 0 Å². The number of anilines is 3. The molecule has 0 atom stereocenters. The first-order chi connectivity index (χ1) is 33.7. The molecule has 1 heteroatoms. The number of fused-ring (bicyclic) bond motifs is 10.